The van der Waals surface area contributed by atoms with Crippen molar-refractivity contribution in [2.24, 2.45) is 5.41 Å². The topological polar surface area (TPSA) is 6.48 Å². The van der Waals surface area contributed by atoms with E-state index in [1.54, 1.807) is 0 Å². The van der Waals surface area contributed by atoms with Gasteiger partial charge in [0.05, 0.1) is 0 Å². The van der Waals surface area contributed by atoms with Gasteiger partial charge in [0, 0.05) is 39.5 Å². The molecule has 1 aliphatic carbocycles. The third kappa shape index (κ3) is 6.53. The first-order valence-electron chi connectivity index (χ1n) is 16.1. The average Bonchev–Trinajstić information content (AvgIpc) is 3.26. The molecule has 2 nitrogen and oxygen atoms in total. The summed E-state index contributed by atoms with van der Waals surface area (Å²) in [6.07, 6.45) is 12.1. The molecule has 1 aliphatic rings. The number of benzene rings is 5. The van der Waals surface area contributed by atoms with E-state index in [2.05, 4.69) is 202 Å². The fraction of sp³-hybridized carbons (Fsp3) is 0.136. The maximum atomic E-state index is 4.60. The van der Waals surface area contributed by atoms with E-state index in [-0.39, 0.29) is 5.41 Å². The Morgan fingerprint density at radius 1 is 0.609 bits per heavy atom. The van der Waals surface area contributed by atoms with Gasteiger partial charge < -0.3 is 9.80 Å². The minimum absolute atomic E-state index is 0.00522. The van der Waals surface area contributed by atoms with E-state index < -0.39 is 0 Å². The van der Waals surface area contributed by atoms with Gasteiger partial charge >= 0.3 is 0 Å². The van der Waals surface area contributed by atoms with Crippen molar-refractivity contribution in [1.82, 2.24) is 0 Å². The van der Waals surface area contributed by atoms with Crippen molar-refractivity contribution in [3.63, 3.8) is 0 Å². The molecule has 0 saturated carbocycles. The third-order valence-corrected chi connectivity index (χ3v) is 8.67. The second-order valence-electron chi connectivity index (χ2n) is 12.5. The molecule has 0 N–H and O–H groups in total. The highest BCUT2D eigenvalue weighted by Gasteiger charge is 2.17. The molecule has 0 radical (unpaired) electrons. The van der Waals surface area contributed by atoms with Gasteiger partial charge in [0.1, 0.15) is 0 Å². The summed E-state index contributed by atoms with van der Waals surface area (Å²) in [5.74, 6) is 0. The first-order chi connectivity index (χ1) is 22.3. The predicted octanol–water partition coefficient (Wildman–Crippen LogP) is 10.6. The standard InChI is InChI=1S/C44H42N2/c1-6-33(2)43-32-40(45(35-17-10-7-11-18-35)36-19-12-8-13-20-36)25-27-42(43)41-26-24-39(31-34(41)3)46(37-21-14-9-15-22-37)38-23-16-29-44(4,5)30-28-38/h7-32H,3,6H2,1-2,4-5H3/b42-41-,43-33-. The van der Waals surface area contributed by atoms with E-state index in [0.717, 1.165) is 51.0 Å². The lowest BCUT2D eigenvalue weighted by molar-refractivity contribution is 0.627. The Morgan fingerprint density at radius 2 is 1.13 bits per heavy atom. The number of nitrogens with zero attached hydrogens (tertiary/aromatic N) is 2. The molecule has 0 aromatic heterocycles. The fourth-order valence-electron chi connectivity index (χ4n) is 6.01. The van der Waals surface area contributed by atoms with Gasteiger partial charge in [0.15, 0.2) is 0 Å². The number of hydrogen-bond donors (Lipinski definition) is 0. The lowest BCUT2D eigenvalue weighted by Crippen LogP contribution is -2.18. The average molecular weight is 599 g/mol. The van der Waals surface area contributed by atoms with Crippen LogP contribution in [-0.4, -0.2) is 0 Å². The van der Waals surface area contributed by atoms with Gasteiger partial charge in [-0.15, -0.1) is 0 Å². The zero-order valence-corrected chi connectivity index (χ0v) is 27.3. The van der Waals surface area contributed by atoms with Crippen LogP contribution in [0.15, 0.2) is 163 Å². The van der Waals surface area contributed by atoms with E-state index in [9.17, 15) is 0 Å². The van der Waals surface area contributed by atoms with E-state index in [0.29, 0.717) is 0 Å². The summed E-state index contributed by atoms with van der Waals surface area (Å²) >= 11 is 0. The number of rotatable bonds is 7. The van der Waals surface area contributed by atoms with Crippen LogP contribution in [0.3, 0.4) is 0 Å². The molecule has 0 heterocycles. The minimum Gasteiger partial charge on any atom is -0.310 e. The van der Waals surface area contributed by atoms with Crippen LogP contribution in [0.1, 0.15) is 34.1 Å². The van der Waals surface area contributed by atoms with Crippen molar-refractivity contribution < 1.29 is 0 Å². The molecule has 2 heteroatoms. The number of para-hydroxylation sites is 3. The summed E-state index contributed by atoms with van der Waals surface area (Å²) in [6.45, 7) is 13.5. The minimum atomic E-state index is -0.00522. The lowest BCUT2D eigenvalue weighted by atomic mass is 9.93. The van der Waals surface area contributed by atoms with E-state index in [4.69, 9.17) is 0 Å². The van der Waals surface area contributed by atoms with Gasteiger partial charge in [0.2, 0.25) is 0 Å². The largest absolute Gasteiger partial charge is 0.310 e. The van der Waals surface area contributed by atoms with Crippen molar-refractivity contribution in [1.29, 1.82) is 0 Å². The number of hydrogen-bond acceptors (Lipinski definition) is 2. The quantitative estimate of drug-likeness (QED) is 0.184. The Hall–Kier alpha value is -5.34. The third-order valence-electron chi connectivity index (χ3n) is 8.67. The van der Waals surface area contributed by atoms with Gasteiger partial charge in [0.25, 0.3) is 0 Å². The molecule has 0 spiro atoms. The molecule has 0 aliphatic heterocycles. The molecule has 0 atom stereocenters. The second kappa shape index (κ2) is 13.3. The molecular formula is C44H42N2. The first-order valence-corrected chi connectivity index (χ1v) is 16.1. The van der Waals surface area contributed by atoms with Crippen LogP contribution in [0.5, 0.6) is 0 Å². The molecule has 6 rings (SSSR count). The van der Waals surface area contributed by atoms with Crippen molar-refractivity contribution in [3.05, 3.63) is 184 Å². The van der Waals surface area contributed by atoms with Gasteiger partial charge in [-0.1, -0.05) is 118 Å². The summed E-state index contributed by atoms with van der Waals surface area (Å²) in [6, 6.07) is 45.3. The van der Waals surface area contributed by atoms with Crippen LogP contribution in [0.4, 0.5) is 28.4 Å². The van der Waals surface area contributed by atoms with E-state index in [1.165, 1.54) is 16.0 Å². The van der Waals surface area contributed by atoms with Gasteiger partial charge in [-0.3, -0.25) is 0 Å². The summed E-state index contributed by atoms with van der Waals surface area (Å²) in [7, 11) is 0. The zero-order chi connectivity index (χ0) is 32.1. The summed E-state index contributed by atoms with van der Waals surface area (Å²) in [5.41, 5.74) is 8.03. The highest BCUT2D eigenvalue weighted by atomic mass is 15.1. The zero-order valence-electron chi connectivity index (χ0n) is 27.3. The maximum Gasteiger partial charge on any atom is 0.0467 e. The molecule has 5 aromatic carbocycles. The van der Waals surface area contributed by atoms with Crippen molar-refractivity contribution in [3.8, 4) is 0 Å². The number of anilines is 5. The Bertz CT molecular complexity index is 2080. The highest BCUT2D eigenvalue weighted by molar-refractivity contribution is 5.77. The molecule has 228 valence electrons. The second-order valence-corrected chi connectivity index (χ2v) is 12.5. The fourth-order valence-corrected chi connectivity index (χ4v) is 6.01. The normalized spacial score (nSPS) is 15.1. The maximum absolute atomic E-state index is 4.60. The summed E-state index contributed by atoms with van der Waals surface area (Å²) in [5, 5.41) is 4.58. The predicted molar refractivity (Wildman–Crippen MR) is 198 cm³/mol. The van der Waals surface area contributed by atoms with Crippen LogP contribution < -0.4 is 20.2 Å². The Kier molecular flexibility index (Phi) is 8.90. The molecule has 0 amide bonds. The summed E-state index contributed by atoms with van der Waals surface area (Å²) < 4.78 is 0. The van der Waals surface area contributed by atoms with Crippen molar-refractivity contribution >= 4 is 40.6 Å². The first kappa shape index (κ1) is 30.7. The Morgan fingerprint density at radius 3 is 1.67 bits per heavy atom. The van der Waals surface area contributed by atoms with E-state index >= 15 is 0 Å². The Balaban J connectivity index is 1.53. The SMILES string of the molecule is C=c1cc(N(C2=CC=CC(C)(C)C=C2)c2ccccc2)cc/c1=c1\ccc(N(c2ccccc2)c2ccccc2)c\c1=C(/C)CC. The van der Waals surface area contributed by atoms with Gasteiger partial charge in [-0.05, 0) is 107 Å². The van der Waals surface area contributed by atoms with Crippen molar-refractivity contribution in [2.75, 3.05) is 9.80 Å². The van der Waals surface area contributed by atoms with Crippen LogP contribution in [0.25, 0.3) is 12.2 Å². The van der Waals surface area contributed by atoms with Crippen LogP contribution in [0.2, 0.25) is 0 Å². The summed E-state index contributed by atoms with van der Waals surface area (Å²) in [4.78, 5) is 4.64. The molecular weight excluding hydrogens is 556 g/mol. The molecule has 0 saturated heterocycles. The molecule has 46 heavy (non-hydrogen) atoms. The molecule has 0 fully saturated rings. The molecule has 0 unspecified atom stereocenters. The van der Waals surface area contributed by atoms with Crippen LogP contribution in [0, 0.1) is 15.9 Å². The van der Waals surface area contributed by atoms with Crippen LogP contribution >= 0.6 is 0 Å². The Labute approximate surface area is 273 Å². The monoisotopic (exact) mass is 598 g/mol. The van der Waals surface area contributed by atoms with Gasteiger partial charge in [-0.2, -0.15) is 0 Å². The molecule has 0 bridgehead atoms. The van der Waals surface area contributed by atoms with Crippen molar-refractivity contribution in [2.45, 2.75) is 34.1 Å². The molecule has 5 aromatic rings. The van der Waals surface area contributed by atoms with E-state index in [1.807, 2.05) is 0 Å². The number of allylic oxidation sites excluding steroid dienone is 5. The van der Waals surface area contributed by atoms with Crippen LogP contribution in [-0.2, 0) is 0 Å². The highest BCUT2D eigenvalue weighted by Crippen LogP contribution is 2.34. The smallest absolute Gasteiger partial charge is 0.0467 e. The lowest BCUT2D eigenvalue weighted by Gasteiger charge is -2.26. The van der Waals surface area contributed by atoms with Gasteiger partial charge in [-0.25, -0.2) is 0 Å².